The number of primary amides is 1. The summed E-state index contributed by atoms with van der Waals surface area (Å²) < 4.78 is 10.6. The Morgan fingerprint density at radius 2 is 2.00 bits per heavy atom. The van der Waals surface area contributed by atoms with Crippen molar-refractivity contribution >= 4 is 24.0 Å². The number of rotatable bonds is 4. The molecule has 0 aliphatic carbocycles. The van der Waals surface area contributed by atoms with Crippen LogP contribution in [0.2, 0.25) is 0 Å². The summed E-state index contributed by atoms with van der Waals surface area (Å²) in [6.07, 6.45) is -0.754. The first kappa shape index (κ1) is 19.0. The van der Waals surface area contributed by atoms with Gasteiger partial charge in [-0.1, -0.05) is 13.8 Å². The molecule has 5 atom stereocenters. The van der Waals surface area contributed by atoms with Gasteiger partial charge >= 0.3 is 12.1 Å². The number of ether oxygens (including phenoxy) is 2. The maximum Gasteiger partial charge on any atom is 0.404 e. The van der Waals surface area contributed by atoms with Crippen LogP contribution in [-0.2, 0) is 14.3 Å². The topological polar surface area (TPSA) is 182 Å². The second kappa shape index (κ2) is 6.15. The summed E-state index contributed by atoms with van der Waals surface area (Å²) in [4.78, 5) is 33.3. The lowest BCUT2D eigenvalue weighted by molar-refractivity contribution is -0.183. The lowest BCUT2D eigenvalue weighted by Crippen LogP contribution is -2.71. The fourth-order valence-electron chi connectivity index (χ4n) is 4.27. The van der Waals surface area contributed by atoms with Crippen molar-refractivity contribution in [2.75, 3.05) is 13.2 Å². The molecule has 12 nitrogen and oxygen atoms in total. The molecule has 1 saturated heterocycles. The molecule has 3 aliphatic rings. The van der Waals surface area contributed by atoms with Crippen LogP contribution in [0.5, 0.6) is 0 Å². The number of nitrogens with zero attached hydrogens (tertiary/aromatic N) is 4. The highest BCUT2D eigenvalue weighted by molar-refractivity contribution is 5.86. The van der Waals surface area contributed by atoms with Gasteiger partial charge in [-0.05, 0) is 6.92 Å². The molecule has 0 aromatic rings. The molecule has 1 amide bonds. The van der Waals surface area contributed by atoms with Crippen molar-refractivity contribution in [3.05, 3.63) is 0 Å². The van der Waals surface area contributed by atoms with Crippen molar-refractivity contribution in [3.8, 4) is 0 Å². The highest BCUT2D eigenvalue weighted by atomic mass is 16.6. The third-order valence-corrected chi connectivity index (χ3v) is 5.69. The molecule has 0 saturated carbocycles. The van der Waals surface area contributed by atoms with E-state index in [0.29, 0.717) is 0 Å². The van der Waals surface area contributed by atoms with Gasteiger partial charge in [0.1, 0.15) is 24.3 Å². The Labute approximate surface area is 155 Å². The van der Waals surface area contributed by atoms with Gasteiger partial charge in [0.05, 0.1) is 6.54 Å². The van der Waals surface area contributed by atoms with Crippen LogP contribution in [0.4, 0.5) is 4.79 Å². The quantitative estimate of drug-likeness (QED) is 0.421. The lowest BCUT2D eigenvalue weighted by atomic mass is 9.78. The van der Waals surface area contributed by atoms with Crippen LogP contribution in [-0.4, -0.2) is 75.7 Å². The number of guanidine groups is 2. The first-order valence-corrected chi connectivity index (χ1v) is 8.65. The minimum absolute atomic E-state index is 0.0939. The first-order chi connectivity index (χ1) is 12.6. The summed E-state index contributed by atoms with van der Waals surface area (Å²) in [5.41, 5.74) is 14.9. The van der Waals surface area contributed by atoms with Crippen LogP contribution in [0.3, 0.4) is 0 Å². The van der Waals surface area contributed by atoms with Crippen LogP contribution in [0.15, 0.2) is 9.98 Å². The SMILES string of the molecule is CCC(=O)OC1(C)CN2C(N)=NC(COC(N)=O)C3N=C(N)N(O)C32C1C. The van der Waals surface area contributed by atoms with E-state index in [2.05, 4.69) is 9.98 Å². The number of esters is 1. The zero-order valence-electron chi connectivity index (χ0n) is 15.5. The summed E-state index contributed by atoms with van der Waals surface area (Å²) in [6.45, 7) is 5.29. The Hall–Kier alpha value is -2.76. The highest BCUT2D eigenvalue weighted by Crippen LogP contribution is 2.52. The van der Waals surface area contributed by atoms with Gasteiger partial charge in [0.25, 0.3) is 0 Å². The molecular weight excluding hydrogens is 358 g/mol. The van der Waals surface area contributed by atoms with Crippen molar-refractivity contribution in [2.45, 2.75) is 50.5 Å². The Bertz CT molecular complexity index is 727. The summed E-state index contributed by atoms with van der Waals surface area (Å²) >= 11 is 0. The summed E-state index contributed by atoms with van der Waals surface area (Å²) in [6, 6.07) is -1.43. The number of nitrogens with two attached hydrogens (primary N) is 3. The van der Waals surface area contributed by atoms with Gasteiger partial charge in [-0.15, -0.1) is 0 Å². The number of hydroxylamine groups is 2. The van der Waals surface area contributed by atoms with E-state index in [-0.39, 0.29) is 37.5 Å². The molecule has 0 aromatic carbocycles. The van der Waals surface area contributed by atoms with Crippen LogP contribution in [0, 0.1) is 5.92 Å². The van der Waals surface area contributed by atoms with E-state index in [0.717, 1.165) is 5.06 Å². The maximum atomic E-state index is 12.0. The van der Waals surface area contributed by atoms with Gasteiger partial charge < -0.3 is 31.6 Å². The fourth-order valence-corrected chi connectivity index (χ4v) is 4.27. The van der Waals surface area contributed by atoms with Gasteiger partial charge in [0.15, 0.2) is 11.6 Å². The molecule has 0 bridgehead atoms. The molecule has 150 valence electrons. The number of carbonyl (C=O) groups excluding carboxylic acids is 2. The normalized spacial score (nSPS) is 37.3. The molecule has 1 fully saturated rings. The number of carbonyl (C=O) groups is 2. The minimum Gasteiger partial charge on any atom is -0.457 e. The van der Waals surface area contributed by atoms with Gasteiger partial charge in [-0.2, -0.15) is 5.06 Å². The van der Waals surface area contributed by atoms with E-state index in [1.807, 2.05) is 6.92 Å². The molecule has 3 rings (SSSR count). The predicted molar refractivity (Wildman–Crippen MR) is 93.4 cm³/mol. The maximum absolute atomic E-state index is 12.0. The minimum atomic E-state index is -1.23. The number of amides is 1. The zero-order valence-corrected chi connectivity index (χ0v) is 15.5. The Kier molecular flexibility index (Phi) is 4.33. The summed E-state index contributed by atoms with van der Waals surface area (Å²) in [5, 5.41) is 11.7. The van der Waals surface area contributed by atoms with Crippen LogP contribution in [0.25, 0.3) is 0 Å². The van der Waals surface area contributed by atoms with E-state index >= 15 is 0 Å². The van der Waals surface area contributed by atoms with Crippen LogP contribution in [0.1, 0.15) is 27.2 Å². The molecule has 0 radical (unpaired) electrons. The smallest absolute Gasteiger partial charge is 0.404 e. The largest absolute Gasteiger partial charge is 0.457 e. The van der Waals surface area contributed by atoms with E-state index in [4.69, 9.17) is 26.7 Å². The highest BCUT2D eigenvalue weighted by Gasteiger charge is 2.72. The summed E-state index contributed by atoms with van der Waals surface area (Å²) in [7, 11) is 0. The molecule has 1 spiro atoms. The van der Waals surface area contributed by atoms with Crippen molar-refractivity contribution in [1.82, 2.24) is 9.96 Å². The molecule has 27 heavy (non-hydrogen) atoms. The molecule has 3 heterocycles. The average molecular weight is 383 g/mol. The second-order valence-corrected chi connectivity index (χ2v) is 7.16. The monoisotopic (exact) mass is 383 g/mol. The zero-order chi connectivity index (χ0) is 20.1. The standard InChI is InChI=1S/C15H25N7O5/c1-4-9(23)27-14(3)6-21-11(16)19-8(5-26-13(18)24)10-15(21,7(14)2)22(25)12(17)20-10/h7-8,10,25H,4-6H2,1-3H3,(H2,16,19)(H2,17,20)(H2,18,24). The van der Waals surface area contributed by atoms with Crippen molar-refractivity contribution in [1.29, 1.82) is 0 Å². The van der Waals surface area contributed by atoms with E-state index < -0.39 is 35.4 Å². The van der Waals surface area contributed by atoms with E-state index in [9.17, 15) is 14.8 Å². The molecule has 5 unspecified atom stereocenters. The van der Waals surface area contributed by atoms with E-state index in [1.165, 1.54) is 0 Å². The van der Waals surface area contributed by atoms with Crippen molar-refractivity contribution in [3.63, 3.8) is 0 Å². The lowest BCUT2D eigenvalue weighted by Gasteiger charge is -2.49. The molecule has 0 aromatic heterocycles. The van der Waals surface area contributed by atoms with Gasteiger partial charge in [0.2, 0.25) is 5.96 Å². The molecule has 12 heteroatoms. The fraction of sp³-hybridized carbons (Fsp3) is 0.733. The van der Waals surface area contributed by atoms with Crippen LogP contribution >= 0.6 is 0 Å². The van der Waals surface area contributed by atoms with Gasteiger partial charge in [-0.3, -0.25) is 10.0 Å². The Morgan fingerprint density at radius 1 is 1.33 bits per heavy atom. The third-order valence-electron chi connectivity index (χ3n) is 5.69. The molecular formula is C15H25N7O5. The molecule has 7 N–H and O–H groups in total. The third kappa shape index (κ3) is 2.54. The predicted octanol–water partition coefficient (Wildman–Crippen LogP) is -1.47. The Balaban J connectivity index is 2.05. The first-order valence-electron chi connectivity index (χ1n) is 8.65. The number of hydrogen-bond acceptors (Lipinski definition) is 11. The van der Waals surface area contributed by atoms with E-state index in [1.54, 1.807) is 18.7 Å². The van der Waals surface area contributed by atoms with Crippen molar-refractivity contribution < 1.29 is 24.3 Å². The second-order valence-electron chi connectivity index (χ2n) is 7.16. The average Bonchev–Trinajstić information content (AvgIpc) is 3.00. The van der Waals surface area contributed by atoms with Crippen molar-refractivity contribution in [2.24, 2.45) is 33.1 Å². The van der Waals surface area contributed by atoms with Gasteiger partial charge in [-0.25, -0.2) is 14.8 Å². The number of hydrogen-bond donors (Lipinski definition) is 4. The number of aliphatic imine (C=N–C) groups is 2. The van der Waals surface area contributed by atoms with Gasteiger partial charge in [0, 0.05) is 12.3 Å². The molecule has 3 aliphatic heterocycles. The summed E-state index contributed by atoms with van der Waals surface area (Å²) in [5.74, 6) is -0.878. The Morgan fingerprint density at radius 3 is 2.59 bits per heavy atom. The van der Waals surface area contributed by atoms with Crippen LogP contribution < -0.4 is 17.2 Å².